The van der Waals surface area contributed by atoms with Gasteiger partial charge in [0.2, 0.25) is 5.89 Å². The average Bonchev–Trinajstić information content (AvgIpc) is 3.50. The van der Waals surface area contributed by atoms with Gasteiger partial charge in [0, 0.05) is 35.3 Å². The molecule has 1 saturated heterocycles. The molecule has 0 bridgehead atoms. The molecule has 6 nitrogen and oxygen atoms in total. The van der Waals surface area contributed by atoms with Gasteiger partial charge in [0.05, 0.1) is 0 Å². The summed E-state index contributed by atoms with van der Waals surface area (Å²) in [6.45, 7) is 3.82. The molecule has 7 heteroatoms. The van der Waals surface area contributed by atoms with Gasteiger partial charge in [-0.3, -0.25) is 4.79 Å². The summed E-state index contributed by atoms with van der Waals surface area (Å²) in [4.78, 5) is 19.4. The minimum Gasteiger partial charge on any atom is -0.457 e. The highest BCUT2D eigenvalue weighted by Gasteiger charge is 2.13. The Bertz CT molecular complexity index is 1250. The smallest absolute Gasteiger partial charge is 0.251 e. The van der Waals surface area contributed by atoms with Crippen molar-refractivity contribution in [2.45, 2.75) is 12.8 Å². The van der Waals surface area contributed by atoms with Gasteiger partial charge in [-0.2, -0.15) is 0 Å². The Balaban J connectivity index is 1.24. The van der Waals surface area contributed by atoms with Gasteiger partial charge < -0.3 is 19.4 Å². The fraction of sp³-hybridized carbons (Fsp3) is 0.231. The van der Waals surface area contributed by atoms with Gasteiger partial charge in [-0.25, -0.2) is 4.98 Å². The number of amides is 1. The number of hydrogen-bond donors (Lipinski definition) is 1. The van der Waals surface area contributed by atoms with E-state index in [1.165, 1.54) is 12.8 Å². The monoisotopic (exact) mass is 461 g/mol. The number of likely N-dealkylation sites (tertiary alicyclic amines) is 1. The normalized spacial score (nSPS) is 14.0. The third-order valence-corrected chi connectivity index (χ3v) is 5.97. The fourth-order valence-electron chi connectivity index (χ4n) is 3.93. The van der Waals surface area contributed by atoms with Crippen molar-refractivity contribution < 1.29 is 13.9 Å². The summed E-state index contributed by atoms with van der Waals surface area (Å²) in [5.74, 6) is 1.78. The number of rotatable bonds is 7. The fourth-order valence-corrected chi connectivity index (χ4v) is 4.06. The Labute approximate surface area is 197 Å². The Hall–Kier alpha value is -3.35. The molecule has 2 heterocycles. The van der Waals surface area contributed by atoms with Gasteiger partial charge in [-0.05, 0) is 86.6 Å². The Morgan fingerprint density at radius 1 is 1.00 bits per heavy atom. The third kappa shape index (κ3) is 5.18. The highest BCUT2D eigenvalue weighted by molar-refractivity contribution is 6.30. The zero-order valence-corrected chi connectivity index (χ0v) is 18.8. The second-order valence-electron chi connectivity index (χ2n) is 8.09. The van der Waals surface area contributed by atoms with Crippen LogP contribution < -0.4 is 10.1 Å². The maximum Gasteiger partial charge on any atom is 0.251 e. The number of benzene rings is 3. The summed E-state index contributed by atoms with van der Waals surface area (Å²) in [6.07, 6.45) is 2.50. The Morgan fingerprint density at radius 3 is 2.48 bits per heavy atom. The quantitative estimate of drug-likeness (QED) is 0.378. The SMILES string of the molecule is O=C(NCCN1CCCC1)c1ccc(-c2nc3cc(Oc4ccc(Cl)cc4)ccc3o2)cc1. The van der Waals surface area contributed by atoms with Crippen LogP contribution in [0.5, 0.6) is 11.5 Å². The molecule has 0 aliphatic carbocycles. The predicted molar refractivity (Wildman–Crippen MR) is 129 cm³/mol. The maximum atomic E-state index is 12.4. The number of carbonyl (C=O) groups is 1. The first kappa shape index (κ1) is 21.5. The van der Waals surface area contributed by atoms with E-state index in [1.54, 1.807) is 24.3 Å². The van der Waals surface area contributed by atoms with E-state index in [9.17, 15) is 4.79 Å². The lowest BCUT2D eigenvalue weighted by Gasteiger charge is -2.14. The van der Waals surface area contributed by atoms with E-state index in [0.717, 1.165) is 25.2 Å². The van der Waals surface area contributed by atoms with E-state index in [0.29, 0.717) is 45.6 Å². The second kappa shape index (κ2) is 9.65. The molecular formula is C26H24ClN3O3. The topological polar surface area (TPSA) is 67.6 Å². The highest BCUT2D eigenvalue weighted by Crippen LogP contribution is 2.29. The third-order valence-electron chi connectivity index (χ3n) is 5.71. The summed E-state index contributed by atoms with van der Waals surface area (Å²) in [6, 6.07) is 20.0. The molecule has 33 heavy (non-hydrogen) atoms. The molecule has 1 aliphatic rings. The summed E-state index contributed by atoms with van der Waals surface area (Å²) >= 11 is 5.93. The summed E-state index contributed by atoms with van der Waals surface area (Å²) in [7, 11) is 0. The van der Waals surface area contributed by atoms with E-state index >= 15 is 0 Å². The van der Waals surface area contributed by atoms with Crippen molar-refractivity contribution in [2.24, 2.45) is 0 Å². The molecular weight excluding hydrogens is 438 g/mol. The van der Waals surface area contributed by atoms with Crippen molar-refractivity contribution in [3.05, 3.63) is 77.3 Å². The molecule has 1 fully saturated rings. The molecule has 168 valence electrons. The first-order valence-electron chi connectivity index (χ1n) is 11.1. The number of nitrogens with one attached hydrogen (secondary N) is 1. The molecule has 0 unspecified atom stereocenters. The van der Waals surface area contributed by atoms with Gasteiger partial charge in [0.25, 0.3) is 5.91 Å². The van der Waals surface area contributed by atoms with Crippen molar-refractivity contribution in [3.63, 3.8) is 0 Å². The molecule has 0 radical (unpaired) electrons. The number of hydrogen-bond acceptors (Lipinski definition) is 5. The van der Waals surface area contributed by atoms with E-state index in [2.05, 4.69) is 15.2 Å². The van der Waals surface area contributed by atoms with E-state index in [1.807, 2.05) is 42.5 Å². The molecule has 4 aromatic rings. The van der Waals surface area contributed by atoms with Crippen LogP contribution in [0.2, 0.25) is 5.02 Å². The Morgan fingerprint density at radius 2 is 1.73 bits per heavy atom. The van der Waals surface area contributed by atoms with Crippen molar-refractivity contribution >= 4 is 28.6 Å². The molecule has 0 saturated carbocycles. The lowest BCUT2D eigenvalue weighted by Crippen LogP contribution is -2.33. The Kier molecular flexibility index (Phi) is 6.28. The van der Waals surface area contributed by atoms with Crippen LogP contribution in [0.3, 0.4) is 0 Å². The minimum atomic E-state index is -0.0673. The lowest BCUT2D eigenvalue weighted by molar-refractivity contribution is 0.0949. The molecule has 1 aromatic heterocycles. The summed E-state index contributed by atoms with van der Waals surface area (Å²) < 4.78 is 11.8. The van der Waals surface area contributed by atoms with Gasteiger partial charge in [-0.15, -0.1) is 0 Å². The maximum absolute atomic E-state index is 12.4. The van der Waals surface area contributed by atoms with Gasteiger partial charge in [-0.1, -0.05) is 11.6 Å². The second-order valence-corrected chi connectivity index (χ2v) is 8.52. The highest BCUT2D eigenvalue weighted by atomic mass is 35.5. The lowest BCUT2D eigenvalue weighted by atomic mass is 10.1. The summed E-state index contributed by atoms with van der Waals surface area (Å²) in [5.41, 5.74) is 2.78. The van der Waals surface area contributed by atoms with Crippen LogP contribution in [0.4, 0.5) is 0 Å². The van der Waals surface area contributed by atoms with Crippen LogP contribution in [0.1, 0.15) is 23.2 Å². The first-order valence-corrected chi connectivity index (χ1v) is 11.5. The minimum absolute atomic E-state index is 0.0673. The van der Waals surface area contributed by atoms with Crippen LogP contribution in [0, 0.1) is 0 Å². The van der Waals surface area contributed by atoms with Gasteiger partial charge in [0.15, 0.2) is 5.58 Å². The predicted octanol–water partition coefficient (Wildman–Crippen LogP) is 5.77. The molecule has 0 spiro atoms. The molecule has 0 atom stereocenters. The van der Waals surface area contributed by atoms with Crippen LogP contribution >= 0.6 is 11.6 Å². The van der Waals surface area contributed by atoms with E-state index in [-0.39, 0.29) is 5.91 Å². The van der Waals surface area contributed by atoms with E-state index in [4.69, 9.17) is 20.8 Å². The molecule has 1 aliphatic heterocycles. The largest absolute Gasteiger partial charge is 0.457 e. The zero-order valence-electron chi connectivity index (χ0n) is 18.1. The van der Waals surface area contributed by atoms with Crippen molar-refractivity contribution in [1.82, 2.24) is 15.2 Å². The van der Waals surface area contributed by atoms with Gasteiger partial charge in [0.1, 0.15) is 17.0 Å². The summed E-state index contributed by atoms with van der Waals surface area (Å²) in [5, 5.41) is 3.65. The number of carbonyl (C=O) groups excluding carboxylic acids is 1. The standard InChI is InChI=1S/C26H24ClN3O3/c27-20-7-9-21(10-8-20)32-22-11-12-24-23(17-22)29-26(33-24)19-5-3-18(4-6-19)25(31)28-13-16-30-14-1-2-15-30/h3-12,17H,1-2,13-16H2,(H,28,31). The number of oxazole rings is 1. The zero-order chi connectivity index (χ0) is 22.6. The number of nitrogens with zero attached hydrogens (tertiary/aromatic N) is 2. The van der Waals surface area contributed by atoms with Crippen molar-refractivity contribution in [3.8, 4) is 23.0 Å². The van der Waals surface area contributed by atoms with Crippen molar-refractivity contribution in [1.29, 1.82) is 0 Å². The molecule has 1 N–H and O–H groups in total. The number of fused-ring (bicyclic) bond motifs is 1. The van der Waals surface area contributed by atoms with Crippen molar-refractivity contribution in [2.75, 3.05) is 26.2 Å². The number of aromatic nitrogens is 1. The van der Waals surface area contributed by atoms with Crippen LogP contribution in [0.25, 0.3) is 22.6 Å². The average molecular weight is 462 g/mol. The molecule has 5 rings (SSSR count). The van der Waals surface area contributed by atoms with E-state index < -0.39 is 0 Å². The van der Waals surface area contributed by atoms with Crippen LogP contribution in [0.15, 0.2) is 71.1 Å². The van der Waals surface area contributed by atoms with Crippen LogP contribution in [-0.4, -0.2) is 42.0 Å². The first-order chi connectivity index (χ1) is 16.1. The van der Waals surface area contributed by atoms with Gasteiger partial charge >= 0.3 is 0 Å². The molecule has 1 amide bonds. The molecule has 3 aromatic carbocycles. The number of halogens is 1. The van der Waals surface area contributed by atoms with Crippen LogP contribution in [-0.2, 0) is 0 Å². The number of ether oxygens (including phenoxy) is 1.